The molecule has 11 heteroatoms. The molecule has 134 valence electrons. The van der Waals surface area contributed by atoms with Gasteiger partial charge >= 0.3 is 16.4 Å². The zero-order chi connectivity index (χ0) is 17.3. The number of amides is 3. The lowest BCUT2D eigenvalue weighted by molar-refractivity contribution is -0.125. The molecule has 0 aromatic rings. The average Bonchev–Trinajstić information content (AvgIpc) is 2.93. The van der Waals surface area contributed by atoms with Crippen molar-refractivity contribution >= 4 is 22.3 Å². The molecule has 4 fully saturated rings. The van der Waals surface area contributed by atoms with Gasteiger partial charge in [-0.2, -0.15) is 13.5 Å². The molecule has 0 radical (unpaired) electrons. The van der Waals surface area contributed by atoms with Crippen LogP contribution in [0.15, 0.2) is 0 Å². The molecule has 4 rings (SSSR count). The normalized spacial score (nSPS) is 36.2. The van der Waals surface area contributed by atoms with Crippen LogP contribution in [0.2, 0.25) is 0 Å². The predicted octanol–water partition coefficient (Wildman–Crippen LogP) is -1.05. The van der Waals surface area contributed by atoms with Crippen LogP contribution in [0, 0.1) is 0 Å². The van der Waals surface area contributed by atoms with Gasteiger partial charge in [-0.05, 0) is 45.8 Å². The summed E-state index contributed by atoms with van der Waals surface area (Å²) in [6.07, 6.45) is 2.68. The highest BCUT2D eigenvalue weighted by Crippen LogP contribution is 2.60. The van der Waals surface area contributed by atoms with Gasteiger partial charge in [-0.15, -0.1) is 4.28 Å². The molecule has 3 amide bonds. The SMILES string of the molecule is CN1CCC(NC(=O)[C@]23CC[C@@H]4C2N3C(=O)N4OS(=O)(=O)O)CC1. The van der Waals surface area contributed by atoms with Crippen molar-refractivity contribution in [1.29, 1.82) is 0 Å². The van der Waals surface area contributed by atoms with E-state index in [0.29, 0.717) is 17.9 Å². The van der Waals surface area contributed by atoms with Crippen molar-refractivity contribution in [1.82, 2.24) is 20.2 Å². The van der Waals surface area contributed by atoms with Crippen molar-refractivity contribution in [3.63, 3.8) is 0 Å². The van der Waals surface area contributed by atoms with E-state index in [1.54, 1.807) is 0 Å². The van der Waals surface area contributed by atoms with Gasteiger partial charge in [0.1, 0.15) is 5.54 Å². The first-order valence-electron chi connectivity index (χ1n) is 8.03. The van der Waals surface area contributed by atoms with E-state index in [1.807, 2.05) is 7.05 Å². The number of nitrogens with zero attached hydrogens (tertiary/aromatic N) is 3. The average molecular weight is 360 g/mol. The van der Waals surface area contributed by atoms with Crippen LogP contribution in [-0.4, -0.2) is 83.6 Å². The molecule has 24 heavy (non-hydrogen) atoms. The summed E-state index contributed by atoms with van der Waals surface area (Å²) in [5, 5.41) is 3.72. The molecule has 0 aromatic carbocycles. The summed E-state index contributed by atoms with van der Waals surface area (Å²) in [5.41, 5.74) is -0.871. The van der Waals surface area contributed by atoms with Gasteiger partial charge in [-0.3, -0.25) is 14.2 Å². The first-order chi connectivity index (χ1) is 11.2. The molecule has 1 aliphatic carbocycles. The van der Waals surface area contributed by atoms with E-state index in [-0.39, 0.29) is 18.0 Å². The standard InChI is InChI=1S/C13H20N4O6S/c1-15-6-3-8(4-7-15)14-11(18)13-5-2-9-10(13)16(13)12(19)17(9)23-24(20,21)22/h8-10H,2-7H2,1H3,(H,14,18)(H,20,21,22)/t9-,10?,13+,16?/m1/s1. The molecule has 2 N–H and O–H groups in total. The predicted molar refractivity (Wildman–Crippen MR) is 79.9 cm³/mol. The lowest BCUT2D eigenvalue weighted by Crippen LogP contribution is -2.51. The number of likely N-dealkylation sites (tertiary alicyclic amines) is 1. The van der Waals surface area contributed by atoms with E-state index < -0.39 is 28.0 Å². The molecular formula is C13H20N4O6S. The summed E-state index contributed by atoms with van der Waals surface area (Å²) in [6, 6.07) is -1.48. The Morgan fingerprint density at radius 2 is 2.00 bits per heavy atom. The second-order valence-electron chi connectivity index (χ2n) is 7.01. The topological polar surface area (TPSA) is 119 Å². The zero-order valence-corrected chi connectivity index (χ0v) is 14.0. The van der Waals surface area contributed by atoms with E-state index in [1.165, 1.54) is 4.90 Å². The molecule has 4 aliphatic rings. The number of hydrogen-bond acceptors (Lipinski definition) is 6. The largest absolute Gasteiger partial charge is 0.418 e. The number of fused-ring (bicyclic) bond motifs is 1. The van der Waals surface area contributed by atoms with E-state index in [4.69, 9.17) is 4.55 Å². The summed E-state index contributed by atoms with van der Waals surface area (Å²) in [5.74, 6) is -0.163. The second kappa shape index (κ2) is 5.04. The maximum Gasteiger partial charge on any atom is 0.418 e. The third kappa shape index (κ3) is 2.22. The Bertz CT molecular complexity index is 691. The first kappa shape index (κ1) is 16.1. The molecular weight excluding hydrogens is 340 g/mol. The highest BCUT2D eigenvalue weighted by Gasteiger charge is 2.82. The van der Waals surface area contributed by atoms with Crippen molar-refractivity contribution in [2.75, 3.05) is 20.1 Å². The fourth-order valence-electron chi connectivity index (χ4n) is 4.43. The van der Waals surface area contributed by atoms with Gasteiger partial charge in [0.15, 0.2) is 0 Å². The second-order valence-corrected chi connectivity index (χ2v) is 8.01. The van der Waals surface area contributed by atoms with Gasteiger partial charge in [-0.25, -0.2) is 4.79 Å². The molecule has 0 aromatic heterocycles. The Hall–Kier alpha value is -1.43. The Morgan fingerprint density at radius 1 is 1.33 bits per heavy atom. The van der Waals surface area contributed by atoms with E-state index in [9.17, 15) is 18.0 Å². The Morgan fingerprint density at radius 3 is 2.58 bits per heavy atom. The van der Waals surface area contributed by atoms with Crippen LogP contribution in [0.25, 0.3) is 0 Å². The molecule has 0 spiro atoms. The number of hydroxylamine groups is 2. The number of piperidine rings is 2. The fraction of sp³-hybridized carbons (Fsp3) is 0.846. The van der Waals surface area contributed by atoms with Crippen LogP contribution < -0.4 is 5.32 Å². The number of rotatable bonds is 4. The molecule has 10 nitrogen and oxygen atoms in total. The van der Waals surface area contributed by atoms with Crippen molar-refractivity contribution in [3.05, 3.63) is 0 Å². The van der Waals surface area contributed by atoms with Crippen molar-refractivity contribution in [3.8, 4) is 0 Å². The van der Waals surface area contributed by atoms with Gasteiger partial charge in [0.05, 0.1) is 12.1 Å². The number of nitrogens with one attached hydrogen (secondary N) is 1. The lowest BCUT2D eigenvalue weighted by atomic mass is 10.0. The Labute approximate surface area is 139 Å². The number of carbonyl (C=O) groups is 2. The van der Waals surface area contributed by atoms with Gasteiger partial charge < -0.3 is 10.2 Å². The van der Waals surface area contributed by atoms with Gasteiger partial charge in [0, 0.05) is 6.04 Å². The Kier molecular flexibility index (Phi) is 3.37. The summed E-state index contributed by atoms with van der Waals surface area (Å²) in [4.78, 5) is 28.6. The number of hydrogen-bond donors (Lipinski definition) is 2. The van der Waals surface area contributed by atoms with Crippen LogP contribution in [0.4, 0.5) is 4.79 Å². The van der Waals surface area contributed by atoms with E-state index >= 15 is 0 Å². The molecule has 1 saturated carbocycles. The zero-order valence-electron chi connectivity index (χ0n) is 13.2. The third-order valence-electron chi connectivity index (χ3n) is 5.63. The molecule has 0 bridgehead atoms. The fourth-order valence-corrected chi connectivity index (χ4v) is 4.81. The Balaban J connectivity index is 1.44. The maximum absolute atomic E-state index is 12.7. The minimum atomic E-state index is -4.76. The lowest BCUT2D eigenvalue weighted by Gasteiger charge is -2.30. The summed E-state index contributed by atoms with van der Waals surface area (Å²) < 4.78 is 34.9. The first-order valence-corrected chi connectivity index (χ1v) is 9.39. The van der Waals surface area contributed by atoms with E-state index in [0.717, 1.165) is 25.9 Å². The highest BCUT2D eigenvalue weighted by molar-refractivity contribution is 7.80. The van der Waals surface area contributed by atoms with Crippen molar-refractivity contribution in [2.24, 2.45) is 0 Å². The molecule has 3 atom stereocenters. The maximum atomic E-state index is 12.7. The van der Waals surface area contributed by atoms with Gasteiger partial charge in [0.25, 0.3) is 0 Å². The minimum Gasteiger partial charge on any atom is -0.351 e. The van der Waals surface area contributed by atoms with E-state index in [2.05, 4.69) is 14.5 Å². The van der Waals surface area contributed by atoms with Crippen LogP contribution >= 0.6 is 0 Å². The molecule has 3 saturated heterocycles. The smallest absolute Gasteiger partial charge is 0.351 e. The number of carbonyl (C=O) groups excluding carboxylic acids is 2. The third-order valence-corrected chi connectivity index (χ3v) is 5.98. The molecule has 3 aliphatic heterocycles. The quantitative estimate of drug-likeness (QED) is 0.485. The number of urea groups is 1. The van der Waals surface area contributed by atoms with Crippen LogP contribution in [0.3, 0.4) is 0 Å². The van der Waals surface area contributed by atoms with Crippen LogP contribution in [0.1, 0.15) is 25.7 Å². The molecule has 1 unspecified atom stereocenters. The van der Waals surface area contributed by atoms with Crippen LogP contribution in [0.5, 0.6) is 0 Å². The van der Waals surface area contributed by atoms with Crippen molar-refractivity contribution in [2.45, 2.75) is 49.3 Å². The summed E-state index contributed by atoms with van der Waals surface area (Å²) in [7, 11) is -2.72. The summed E-state index contributed by atoms with van der Waals surface area (Å²) in [6.45, 7) is 1.84. The van der Waals surface area contributed by atoms with Gasteiger partial charge in [-0.1, -0.05) is 0 Å². The van der Waals surface area contributed by atoms with Gasteiger partial charge in [0.2, 0.25) is 5.91 Å². The van der Waals surface area contributed by atoms with Crippen molar-refractivity contribution < 1.29 is 26.8 Å². The highest BCUT2D eigenvalue weighted by atomic mass is 32.3. The molecule has 3 heterocycles. The summed E-state index contributed by atoms with van der Waals surface area (Å²) >= 11 is 0. The van der Waals surface area contributed by atoms with Crippen LogP contribution in [-0.2, 0) is 19.5 Å². The minimum absolute atomic E-state index is 0.102. The monoisotopic (exact) mass is 360 g/mol.